The molecule has 5 heteroatoms. The molecule has 1 atom stereocenters. The minimum atomic E-state index is 0.193. The van der Waals surface area contributed by atoms with E-state index < -0.39 is 0 Å². The minimum absolute atomic E-state index is 0.193. The van der Waals surface area contributed by atoms with E-state index in [0.717, 1.165) is 25.2 Å². The van der Waals surface area contributed by atoms with Gasteiger partial charge in [0.1, 0.15) is 0 Å². The third kappa shape index (κ3) is 4.39. The zero-order valence-corrected chi connectivity index (χ0v) is 12.9. The fraction of sp³-hybridized carbons (Fsp3) is 0.462. The fourth-order valence-electron chi connectivity index (χ4n) is 1.69. The summed E-state index contributed by atoms with van der Waals surface area (Å²) in [5, 5.41) is 1.22. The molecule has 0 heterocycles. The van der Waals surface area contributed by atoms with E-state index in [1.54, 1.807) is 6.07 Å². The van der Waals surface area contributed by atoms with E-state index in [4.69, 9.17) is 41.2 Å². The van der Waals surface area contributed by atoms with Crippen molar-refractivity contribution in [3.05, 3.63) is 33.8 Å². The Bertz CT molecular complexity index is 423. The van der Waals surface area contributed by atoms with Crippen LogP contribution >= 0.6 is 35.4 Å². The number of hydrogen-bond acceptors (Lipinski definition) is 2. The van der Waals surface area contributed by atoms with Gasteiger partial charge in [0.2, 0.25) is 0 Å². The molecule has 18 heavy (non-hydrogen) atoms. The van der Waals surface area contributed by atoms with E-state index in [1.165, 1.54) is 0 Å². The second-order valence-corrected chi connectivity index (χ2v) is 5.60. The molecule has 1 aromatic carbocycles. The summed E-state index contributed by atoms with van der Waals surface area (Å²) in [4.78, 5) is 2.80. The van der Waals surface area contributed by atoms with E-state index in [9.17, 15) is 0 Å². The lowest BCUT2D eigenvalue weighted by Crippen LogP contribution is -2.33. The first-order valence-corrected chi connectivity index (χ1v) is 7.06. The van der Waals surface area contributed by atoms with Crippen LogP contribution in [-0.2, 0) is 6.54 Å². The van der Waals surface area contributed by atoms with Crippen LogP contribution in [0.3, 0.4) is 0 Å². The van der Waals surface area contributed by atoms with Gasteiger partial charge in [-0.15, -0.1) is 0 Å². The number of hydrogen-bond donors (Lipinski definition) is 1. The molecule has 0 aliphatic rings. The summed E-state index contributed by atoms with van der Waals surface area (Å²) in [6, 6.07) is 5.69. The molecule has 1 aromatic rings. The Morgan fingerprint density at radius 1 is 1.44 bits per heavy atom. The van der Waals surface area contributed by atoms with Gasteiger partial charge in [-0.05, 0) is 18.2 Å². The van der Waals surface area contributed by atoms with Crippen LogP contribution in [-0.4, -0.2) is 23.0 Å². The van der Waals surface area contributed by atoms with Crippen LogP contribution in [0, 0.1) is 5.92 Å². The van der Waals surface area contributed by atoms with Gasteiger partial charge in [0.05, 0.1) is 15.0 Å². The van der Waals surface area contributed by atoms with Gasteiger partial charge in [-0.3, -0.25) is 4.90 Å². The van der Waals surface area contributed by atoms with Crippen LogP contribution in [0.4, 0.5) is 0 Å². The van der Waals surface area contributed by atoms with Gasteiger partial charge < -0.3 is 5.73 Å². The van der Waals surface area contributed by atoms with E-state index in [-0.39, 0.29) is 5.92 Å². The highest BCUT2D eigenvalue weighted by atomic mass is 35.5. The van der Waals surface area contributed by atoms with Gasteiger partial charge in [-0.1, -0.05) is 61.4 Å². The molecule has 0 fully saturated rings. The topological polar surface area (TPSA) is 29.3 Å². The molecule has 1 rings (SSSR count). The molecule has 100 valence electrons. The molecular weight excluding hydrogens is 287 g/mol. The first-order chi connectivity index (χ1) is 8.45. The standard InChI is InChI=1S/C13H18Cl2N2S/c1-3-17(7-9(2)13(16)18)8-10-5-4-6-11(14)12(10)15/h4-6,9H,3,7-8H2,1-2H3,(H2,16,18). The van der Waals surface area contributed by atoms with Crippen molar-refractivity contribution in [3.63, 3.8) is 0 Å². The summed E-state index contributed by atoms with van der Waals surface area (Å²) >= 11 is 17.2. The van der Waals surface area contributed by atoms with Crippen molar-refractivity contribution < 1.29 is 0 Å². The lowest BCUT2D eigenvalue weighted by atomic mass is 10.1. The van der Waals surface area contributed by atoms with E-state index in [0.29, 0.717) is 15.0 Å². The van der Waals surface area contributed by atoms with E-state index >= 15 is 0 Å². The SMILES string of the molecule is CCN(Cc1cccc(Cl)c1Cl)CC(C)C(N)=S. The third-order valence-electron chi connectivity index (χ3n) is 2.89. The van der Waals surface area contributed by atoms with Crippen molar-refractivity contribution in [2.24, 2.45) is 11.7 Å². The van der Waals surface area contributed by atoms with Crippen molar-refractivity contribution in [1.82, 2.24) is 4.90 Å². The van der Waals surface area contributed by atoms with Gasteiger partial charge >= 0.3 is 0 Å². The molecule has 0 radical (unpaired) electrons. The second-order valence-electron chi connectivity index (χ2n) is 4.34. The number of nitrogens with zero attached hydrogens (tertiary/aromatic N) is 1. The molecule has 0 aromatic heterocycles. The highest BCUT2D eigenvalue weighted by Crippen LogP contribution is 2.26. The summed E-state index contributed by atoms with van der Waals surface area (Å²) in [7, 11) is 0. The van der Waals surface area contributed by atoms with E-state index in [1.807, 2.05) is 19.1 Å². The molecular formula is C13H18Cl2N2S. The third-order valence-corrected chi connectivity index (χ3v) is 4.15. The van der Waals surface area contributed by atoms with Crippen molar-refractivity contribution in [1.29, 1.82) is 0 Å². The van der Waals surface area contributed by atoms with Gasteiger partial charge in [0, 0.05) is 19.0 Å². The quantitative estimate of drug-likeness (QED) is 0.812. The normalized spacial score (nSPS) is 12.7. The maximum Gasteiger partial charge on any atom is 0.0768 e. The van der Waals surface area contributed by atoms with Crippen molar-refractivity contribution in [2.45, 2.75) is 20.4 Å². The van der Waals surface area contributed by atoms with Crippen LogP contribution < -0.4 is 5.73 Å². The lowest BCUT2D eigenvalue weighted by Gasteiger charge is -2.24. The first-order valence-electron chi connectivity index (χ1n) is 5.90. The van der Waals surface area contributed by atoms with Crippen molar-refractivity contribution in [2.75, 3.05) is 13.1 Å². The lowest BCUT2D eigenvalue weighted by molar-refractivity contribution is 0.264. The highest BCUT2D eigenvalue weighted by Gasteiger charge is 2.13. The average Bonchev–Trinajstić information content (AvgIpc) is 2.33. The number of benzene rings is 1. The van der Waals surface area contributed by atoms with Gasteiger partial charge in [0.25, 0.3) is 0 Å². The molecule has 2 N–H and O–H groups in total. The number of nitrogens with two attached hydrogens (primary N) is 1. The molecule has 0 bridgehead atoms. The largest absolute Gasteiger partial charge is 0.393 e. The summed E-state index contributed by atoms with van der Waals surface area (Å²) in [5.74, 6) is 0.193. The van der Waals surface area contributed by atoms with E-state index in [2.05, 4.69) is 11.8 Å². The maximum atomic E-state index is 6.18. The second kappa shape index (κ2) is 7.29. The predicted molar refractivity (Wildman–Crippen MR) is 83.4 cm³/mol. The smallest absolute Gasteiger partial charge is 0.0768 e. The Kier molecular flexibility index (Phi) is 6.36. The van der Waals surface area contributed by atoms with Crippen molar-refractivity contribution >= 4 is 40.4 Å². The molecule has 0 aliphatic heterocycles. The van der Waals surface area contributed by atoms with Gasteiger partial charge in [-0.2, -0.15) is 0 Å². The average molecular weight is 305 g/mol. The molecule has 0 saturated carbocycles. The van der Waals surface area contributed by atoms with Crippen LogP contribution in [0.2, 0.25) is 10.0 Å². The zero-order valence-electron chi connectivity index (χ0n) is 10.6. The summed E-state index contributed by atoms with van der Waals surface area (Å²) in [6.45, 7) is 6.63. The van der Waals surface area contributed by atoms with Gasteiger partial charge in [0.15, 0.2) is 0 Å². The monoisotopic (exact) mass is 304 g/mol. The molecule has 0 amide bonds. The molecule has 0 aliphatic carbocycles. The van der Waals surface area contributed by atoms with Crippen LogP contribution in [0.1, 0.15) is 19.4 Å². The molecule has 0 spiro atoms. The first kappa shape index (κ1) is 15.7. The number of halogens is 2. The predicted octanol–water partition coefficient (Wildman–Crippen LogP) is 3.74. The van der Waals surface area contributed by atoms with Crippen LogP contribution in [0.5, 0.6) is 0 Å². The Hall–Kier alpha value is -0.350. The van der Waals surface area contributed by atoms with Gasteiger partial charge in [-0.25, -0.2) is 0 Å². The van der Waals surface area contributed by atoms with Crippen LogP contribution in [0.15, 0.2) is 18.2 Å². The summed E-state index contributed by atoms with van der Waals surface area (Å²) in [5.41, 5.74) is 6.67. The maximum absolute atomic E-state index is 6.18. The zero-order chi connectivity index (χ0) is 13.7. The number of rotatable bonds is 6. The van der Waals surface area contributed by atoms with Crippen LogP contribution in [0.25, 0.3) is 0 Å². The summed E-state index contributed by atoms with van der Waals surface area (Å²) in [6.07, 6.45) is 0. The highest BCUT2D eigenvalue weighted by molar-refractivity contribution is 7.80. The molecule has 2 nitrogen and oxygen atoms in total. The van der Waals surface area contributed by atoms with Crippen molar-refractivity contribution in [3.8, 4) is 0 Å². The Balaban J connectivity index is 2.74. The minimum Gasteiger partial charge on any atom is -0.393 e. The summed E-state index contributed by atoms with van der Waals surface area (Å²) < 4.78 is 0. The molecule has 1 unspecified atom stereocenters. The Labute approximate surface area is 124 Å². The Morgan fingerprint density at radius 3 is 2.67 bits per heavy atom. The Morgan fingerprint density at radius 2 is 2.11 bits per heavy atom. The number of thiocarbonyl (C=S) groups is 1. The molecule has 0 saturated heterocycles. The fourth-order valence-corrected chi connectivity index (χ4v) is 2.15.